The summed E-state index contributed by atoms with van der Waals surface area (Å²) < 4.78 is 0. The van der Waals surface area contributed by atoms with E-state index in [9.17, 15) is 9.59 Å². The lowest BCUT2D eigenvalue weighted by molar-refractivity contribution is -0.149. The summed E-state index contributed by atoms with van der Waals surface area (Å²) in [6.45, 7) is 6.72. The van der Waals surface area contributed by atoms with Crippen LogP contribution in [0, 0.1) is 0 Å². The zero-order valence-corrected chi connectivity index (χ0v) is 12.0. The molecule has 1 saturated heterocycles. The van der Waals surface area contributed by atoms with Gasteiger partial charge < -0.3 is 15.3 Å². The van der Waals surface area contributed by atoms with Crippen molar-refractivity contribution in [3.05, 3.63) is 0 Å². The van der Waals surface area contributed by atoms with Gasteiger partial charge in [-0.05, 0) is 19.9 Å². The summed E-state index contributed by atoms with van der Waals surface area (Å²) in [5, 5.41) is 12.3. The predicted molar refractivity (Wildman–Crippen MR) is 72.6 cm³/mol. The number of nitrogens with one attached hydrogen (secondary N) is 1. The lowest BCUT2D eigenvalue weighted by Gasteiger charge is -2.28. The Kier molecular flexibility index (Phi) is 5.95. The lowest BCUT2D eigenvalue weighted by atomic mass is 10.1. The summed E-state index contributed by atoms with van der Waals surface area (Å²) >= 11 is 1.56. The molecule has 1 amide bonds. The zero-order valence-electron chi connectivity index (χ0n) is 11.2. The van der Waals surface area contributed by atoms with Gasteiger partial charge in [0, 0.05) is 18.2 Å². The van der Waals surface area contributed by atoms with Crippen molar-refractivity contribution in [1.82, 2.24) is 10.2 Å². The molecule has 0 aromatic rings. The molecule has 104 valence electrons. The fraction of sp³-hybridized carbons (Fsp3) is 0.833. The largest absolute Gasteiger partial charge is 0.480 e. The van der Waals surface area contributed by atoms with Crippen LogP contribution in [-0.2, 0) is 9.59 Å². The van der Waals surface area contributed by atoms with E-state index in [1.807, 2.05) is 20.8 Å². The van der Waals surface area contributed by atoms with Gasteiger partial charge in [-0.1, -0.05) is 13.8 Å². The number of hydrogen-bond donors (Lipinski definition) is 2. The van der Waals surface area contributed by atoms with Crippen molar-refractivity contribution in [3.63, 3.8) is 0 Å². The Labute approximate surface area is 112 Å². The second kappa shape index (κ2) is 6.99. The predicted octanol–water partition coefficient (Wildman–Crippen LogP) is 1.14. The minimum absolute atomic E-state index is 0.00688. The third kappa shape index (κ3) is 3.62. The molecule has 1 aliphatic rings. The lowest BCUT2D eigenvalue weighted by Crippen LogP contribution is -2.47. The first-order chi connectivity index (χ1) is 8.51. The third-order valence-electron chi connectivity index (χ3n) is 3.05. The van der Waals surface area contributed by atoms with E-state index < -0.39 is 12.0 Å². The van der Waals surface area contributed by atoms with Gasteiger partial charge in [-0.25, -0.2) is 4.79 Å². The van der Waals surface area contributed by atoms with E-state index in [2.05, 4.69) is 5.32 Å². The molecular formula is C12H22N2O3S. The van der Waals surface area contributed by atoms with Crippen molar-refractivity contribution >= 4 is 23.6 Å². The molecule has 0 saturated carbocycles. The normalized spacial score (nSPS) is 25.2. The van der Waals surface area contributed by atoms with Crippen LogP contribution in [0.15, 0.2) is 0 Å². The molecule has 0 aromatic carbocycles. The van der Waals surface area contributed by atoms with Gasteiger partial charge in [0.15, 0.2) is 0 Å². The highest BCUT2D eigenvalue weighted by atomic mass is 32.2. The molecule has 3 atom stereocenters. The second-order valence-electron chi connectivity index (χ2n) is 4.51. The number of carbonyl (C=O) groups excluding carboxylic acids is 1. The average molecular weight is 274 g/mol. The Balaban J connectivity index is 2.69. The number of aliphatic carboxylic acids is 1. The number of amides is 1. The molecule has 0 bridgehead atoms. The summed E-state index contributed by atoms with van der Waals surface area (Å²) in [4.78, 5) is 24.9. The van der Waals surface area contributed by atoms with Crippen LogP contribution in [0.3, 0.4) is 0 Å². The molecule has 1 heterocycles. The molecule has 0 spiro atoms. The van der Waals surface area contributed by atoms with E-state index in [1.54, 1.807) is 16.7 Å². The zero-order chi connectivity index (χ0) is 13.7. The summed E-state index contributed by atoms with van der Waals surface area (Å²) in [6, 6.07) is -0.582. The molecule has 6 heteroatoms. The van der Waals surface area contributed by atoms with Crippen molar-refractivity contribution in [2.45, 2.75) is 51.1 Å². The van der Waals surface area contributed by atoms with Gasteiger partial charge >= 0.3 is 5.97 Å². The summed E-state index contributed by atoms with van der Waals surface area (Å²) in [5.41, 5.74) is 0. The Bertz CT molecular complexity index is 312. The van der Waals surface area contributed by atoms with Crippen LogP contribution < -0.4 is 5.32 Å². The molecule has 3 unspecified atom stereocenters. The molecular weight excluding hydrogens is 252 g/mol. The maximum Gasteiger partial charge on any atom is 0.327 e. The molecule has 0 aliphatic carbocycles. The van der Waals surface area contributed by atoms with Crippen LogP contribution in [0.25, 0.3) is 0 Å². The first kappa shape index (κ1) is 15.3. The summed E-state index contributed by atoms with van der Waals surface area (Å²) in [5.74, 6) is -0.467. The van der Waals surface area contributed by atoms with E-state index in [0.29, 0.717) is 12.2 Å². The minimum atomic E-state index is -0.900. The monoisotopic (exact) mass is 274 g/mol. The van der Waals surface area contributed by atoms with Crippen LogP contribution in [0.4, 0.5) is 0 Å². The smallest absolute Gasteiger partial charge is 0.327 e. The van der Waals surface area contributed by atoms with Gasteiger partial charge in [-0.3, -0.25) is 4.79 Å². The molecule has 0 radical (unpaired) electrons. The van der Waals surface area contributed by atoms with E-state index in [-0.39, 0.29) is 17.3 Å². The first-order valence-electron chi connectivity index (χ1n) is 6.40. The SMILES string of the molecule is CCNC(C)CC(=O)N1C(CC)SCC1C(=O)O. The molecule has 2 N–H and O–H groups in total. The minimum Gasteiger partial charge on any atom is -0.480 e. The maximum absolute atomic E-state index is 12.2. The van der Waals surface area contributed by atoms with Crippen molar-refractivity contribution in [2.75, 3.05) is 12.3 Å². The van der Waals surface area contributed by atoms with E-state index in [4.69, 9.17) is 5.11 Å². The molecule has 5 nitrogen and oxygen atoms in total. The third-order valence-corrected chi connectivity index (χ3v) is 4.50. The van der Waals surface area contributed by atoms with Crippen molar-refractivity contribution in [1.29, 1.82) is 0 Å². The first-order valence-corrected chi connectivity index (χ1v) is 7.45. The number of hydrogen-bond acceptors (Lipinski definition) is 4. The van der Waals surface area contributed by atoms with Crippen LogP contribution >= 0.6 is 11.8 Å². The Morgan fingerprint density at radius 2 is 2.17 bits per heavy atom. The molecule has 18 heavy (non-hydrogen) atoms. The highest BCUT2D eigenvalue weighted by Crippen LogP contribution is 2.32. The van der Waals surface area contributed by atoms with Crippen molar-refractivity contribution in [3.8, 4) is 0 Å². The van der Waals surface area contributed by atoms with Crippen molar-refractivity contribution < 1.29 is 14.7 Å². The number of carboxylic acids is 1. The van der Waals surface area contributed by atoms with Crippen LogP contribution in [0.2, 0.25) is 0 Å². The fourth-order valence-electron chi connectivity index (χ4n) is 2.19. The summed E-state index contributed by atoms with van der Waals surface area (Å²) in [7, 11) is 0. The van der Waals surface area contributed by atoms with Crippen LogP contribution in [0.1, 0.15) is 33.6 Å². The molecule has 1 fully saturated rings. The highest BCUT2D eigenvalue weighted by molar-refractivity contribution is 8.00. The molecule has 1 aliphatic heterocycles. The highest BCUT2D eigenvalue weighted by Gasteiger charge is 2.40. The van der Waals surface area contributed by atoms with E-state index in [1.165, 1.54) is 0 Å². The van der Waals surface area contributed by atoms with Gasteiger partial charge in [0.05, 0.1) is 5.37 Å². The Morgan fingerprint density at radius 3 is 2.67 bits per heavy atom. The Hall–Kier alpha value is -0.750. The number of nitrogens with zero attached hydrogens (tertiary/aromatic N) is 1. The van der Waals surface area contributed by atoms with E-state index in [0.717, 1.165) is 13.0 Å². The van der Waals surface area contributed by atoms with Gasteiger partial charge in [0.25, 0.3) is 0 Å². The van der Waals surface area contributed by atoms with E-state index >= 15 is 0 Å². The number of rotatable bonds is 6. The quantitative estimate of drug-likeness (QED) is 0.760. The van der Waals surface area contributed by atoms with Crippen molar-refractivity contribution in [2.24, 2.45) is 0 Å². The Morgan fingerprint density at radius 1 is 1.50 bits per heavy atom. The second-order valence-corrected chi connectivity index (χ2v) is 5.72. The molecule has 0 aromatic heterocycles. The van der Waals surface area contributed by atoms with Gasteiger partial charge in [0.1, 0.15) is 6.04 Å². The maximum atomic E-state index is 12.2. The van der Waals surface area contributed by atoms with Crippen LogP contribution in [0.5, 0.6) is 0 Å². The van der Waals surface area contributed by atoms with Gasteiger partial charge in [0.2, 0.25) is 5.91 Å². The number of thioether (sulfide) groups is 1. The number of carboxylic acid groups (broad SMARTS) is 1. The summed E-state index contributed by atoms with van der Waals surface area (Å²) in [6.07, 6.45) is 1.14. The number of carbonyl (C=O) groups is 2. The standard InChI is InChI=1S/C12H22N2O3S/c1-4-11-14(9(7-18-11)12(16)17)10(15)6-8(3)13-5-2/h8-9,11,13H,4-7H2,1-3H3,(H,16,17). The van der Waals surface area contributed by atoms with Gasteiger partial charge in [-0.15, -0.1) is 11.8 Å². The van der Waals surface area contributed by atoms with Crippen LogP contribution in [-0.4, -0.2) is 51.6 Å². The average Bonchev–Trinajstić information content (AvgIpc) is 2.72. The molecule has 1 rings (SSSR count). The van der Waals surface area contributed by atoms with Gasteiger partial charge in [-0.2, -0.15) is 0 Å². The fourth-order valence-corrected chi connectivity index (χ4v) is 3.56. The topological polar surface area (TPSA) is 69.6 Å².